The minimum absolute atomic E-state index is 0.177. The van der Waals surface area contributed by atoms with Crippen LogP contribution in [0.15, 0.2) is 77.6 Å². The lowest BCUT2D eigenvalue weighted by atomic mass is 9.99. The molecule has 0 fully saturated rings. The van der Waals surface area contributed by atoms with Crippen molar-refractivity contribution < 1.29 is 24.1 Å². The molecule has 0 saturated carbocycles. The summed E-state index contributed by atoms with van der Waals surface area (Å²) in [5, 5.41) is 19.7. The van der Waals surface area contributed by atoms with E-state index in [0.29, 0.717) is 11.5 Å². The van der Waals surface area contributed by atoms with Crippen LogP contribution in [0.1, 0.15) is 64.5 Å². The van der Waals surface area contributed by atoms with Crippen molar-refractivity contribution in [3.05, 3.63) is 84.3 Å². The summed E-state index contributed by atoms with van der Waals surface area (Å²) < 4.78 is 15.1. The average Bonchev–Trinajstić information content (AvgIpc) is 3.52. The summed E-state index contributed by atoms with van der Waals surface area (Å²) in [6.07, 6.45) is 8.79. The molecule has 0 unspecified atom stereocenters. The third-order valence-electron chi connectivity index (χ3n) is 6.10. The zero-order chi connectivity index (χ0) is 29.2. The first kappa shape index (κ1) is 33.2. The second-order valence-electron chi connectivity index (χ2n) is 8.66. The fourth-order valence-corrected chi connectivity index (χ4v) is 3.84. The highest BCUT2D eigenvalue weighted by atomic mass is 16.5. The summed E-state index contributed by atoms with van der Waals surface area (Å²) in [4.78, 5) is 0. The molecule has 0 radical (unpaired) electrons. The van der Waals surface area contributed by atoms with Gasteiger partial charge in [0, 0.05) is 16.7 Å². The predicted molar refractivity (Wildman–Crippen MR) is 163 cm³/mol. The van der Waals surface area contributed by atoms with Crippen LogP contribution in [-0.2, 0) is 0 Å². The first-order valence-corrected chi connectivity index (χ1v) is 13.7. The van der Waals surface area contributed by atoms with Crippen molar-refractivity contribution in [1.82, 2.24) is 0 Å². The second kappa shape index (κ2) is 18.4. The van der Waals surface area contributed by atoms with E-state index in [-0.39, 0.29) is 11.5 Å². The Hall–Kier alpha value is -3.86. The number of rotatable bonds is 7. The molecule has 0 saturated heterocycles. The van der Waals surface area contributed by atoms with Crippen LogP contribution >= 0.6 is 0 Å². The Morgan fingerprint density at radius 2 is 1.10 bits per heavy atom. The molecule has 5 heteroatoms. The number of benzene rings is 3. The second-order valence-corrected chi connectivity index (χ2v) is 8.66. The largest absolute Gasteiger partial charge is 0.504 e. The standard InChI is InChI=1S/C14H14O2.C12H12O3.C6H14.C2H6/c1-10-12(11-6-4-3-5-7-11)8-9-13(16-2)14(10)15;1-8-10(9-5-6-15-7-9)3-4-11(14-2)12(8)13;1-3-5-6-4-2;1-2/h3-9,15H,1-2H3;3-7,13H,1-2H3;3-6H2,1-2H3;1-2H3. The molecule has 4 rings (SSSR count). The number of hydrogen-bond acceptors (Lipinski definition) is 5. The monoisotopic (exact) mass is 534 g/mol. The van der Waals surface area contributed by atoms with Gasteiger partial charge in [-0.1, -0.05) is 95.8 Å². The number of aromatic hydroxyl groups is 2. The number of phenolic OH excluding ortho intramolecular Hbond substituents is 2. The van der Waals surface area contributed by atoms with Gasteiger partial charge in [0.25, 0.3) is 0 Å². The van der Waals surface area contributed by atoms with Crippen LogP contribution in [0.5, 0.6) is 23.0 Å². The number of furan rings is 1. The van der Waals surface area contributed by atoms with E-state index in [1.165, 1.54) is 32.8 Å². The van der Waals surface area contributed by atoms with Crippen molar-refractivity contribution in [2.45, 2.75) is 67.2 Å². The topological polar surface area (TPSA) is 72.1 Å². The van der Waals surface area contributed by atoms with E-state index in [0.717, 1.165) is 33.4 Å². The lowest BCUT2D eigenvalue weighted by Crippen LogP contribution is -1.89. The zero-order valence-electron chi connectivity index (χ0n) is 24.9. The molecular weight excluding hydrogens is 488 g/mol. The minimum atomic E-state index is 0.177. The highest BCUT2D eigenvalue weighted by Gasteiger charge is 2.11. The molecule has 0 bridgehead atoms. The maximum atomic E-state index is 9.91. The highest BCUT2D eigenvalue weighted by molar-refractivity contribution is 5.72. The van der Waals surface area contributed by atoms with E-state index in [1.54, 1.807) is 31.8 Å². The quantitative estimate of drug-likeness (QED) is 0.231. The fourth-order valence-electron chi connectivity index (χ4n) is 3.84. The molecule has 5 nitrogen and oxygen atoms in total. The highest BCUT2D eigenvalue weighted by Crippen LogP contribution is 2.37. The van der Waals surface area contributed by atoms with E-state index in [9.17, 15) is 10.2 Å². The van der Waals surface area contributed by atoms with Gasteiger partial charge in [0.15, 0.2) is 23.0 Å². The Kier molecular flexibility index (Phi) is 15.6. The third-order valence-corrected chi connectivity index (χ3v) is 6.10. The van der Waals surface area contributed by atoms with Gasteiger partial charge in [-0.3, -0.25) is 0 Å². The fraction of sp³-hybridized carbons (Fsp3) is 0.353. The lowest BCUT2D eigenvalue weighted by Gasteiger charge is -2.11. The summed E-state index contributed by atoms with van der Waals surface area (Å²) in [5.41, 5.74) is 5.64. The van der Waals surface area contributed by atoms with Crippen LogP contribution in [0.4, 0.5) is 0 Å². The molecule has 4 aromatic rings. The number of unbranched alkanes of at least 4 members (excludes halogenated alkanes) is 3. The van der Waals surface area contributed by atoms with Gasteiger partial charge in [-0.15, -0.1) is 0 Å². The molecule has 3 aromatic carbocycles. The van der Waals surface area contributed by atoms with Crippen molar-refractivity contribution in [3.8, 4) is 45.3 Å². The van der Waals surface area contributed by atoms with E-state index in [1.807, 2.05) is 76.2 Å². The molecule has 0 aliphatic rings. The summed E-state index contributed by atoms with van der Waals surface area (Å²) in [5.74, 6) is 1.39. The summed E-state index contributed by atoms with van der Waals surface area (Å²) >= 11 is 0. The van der Waals surface area contributed by atoms with Gasteiger partial charge in [-0.25, -0.2) is 0 Å². The zero-order valence-corrected chi connectivity index (χ0v) is 24.9. The normalized spacial score (nSPS) is 9.64. The first-order chi connectivity index (χ1) is 18.9. The average molecular weight is 535 g/mol. The van der Waals surface area contributed by atoms with Gasteiger partial charge in [0.1, 0.15) is 0 Å². The van der Waals surface area contributed by atoms with Crippen molar-refractivity contribution in [1.29, 1.82) is 0 Å². The number of phenols is 2. The van der Waals surface area contributed by atoms with E-state index >= 15 is 0 Å². The van der Waals surface area contributed by atoms with Crippen molar-refractivity contribution in [3.63, 3.8) is 0 Å². The van der Waals surface area contributed by atoms with Gasteiger partial charge >= 0.3 is 0 Å². The Labute approximate surface area is 235 Å². The maximum Gasteiger partial charge on any atom is 0.161 e. The SMILES string of the molecule is CC.CCCCCC.COc1ccc(-c2ccccc2)c(C)c1O.COc1ccc(-c2ccoc2)c(C)c1O. The molecule has 0 amide bonds. The van der Waals surface area contributed by atoms with Gasteiger partial charge < -0.3 is 24.1 Å². The third kappa shape index (κ3) is 9.75. The van der Waals surface area contributed by atoms with Gasteiger partial charge in [-0.05, 0) is 48.7 Å². The van der Waals surface area contributed by atoms with Crippen LogP contribution < -0.4 is 9.47 Å². The molecule has 39 heavy (non-hydrogen) atoms. The van der Waals surface area contributed by atoms with Crippen LogP contribution in [0.3, 0.4) is 0 Å². The summed E-state index contributed by atoms with van der Waals surface area (Å²) in [6, 6.07) is 19.2. The molecule has 0 atom stereocenters. The van der Waals surface area contributed by atoms with Crippen molar-refractivity contribution in [2.24, 2.45) is 0 Å². The Morgan fingerprint density at radius 3 is 1.49 bits per heavy atom. The van der Waals surface area contributed by atoms with Gasteiger partial charge in [0.05, 0.1) is 26.7 Å². The van der Waals surface area contributed by atoms with E-state index < -0.39 is 0 Å². The van der Waals surface area contributed by atoms with Gasteiger partial charge in [-0.2, -0.15) is 0 Å². The summed E-state index contributed by atoms with van der Waals surface area (Å²) in [7, 11) is 3.09. The maximum absolute atomic E-state index is 9.91. The predicted octanol–water partition coefficient (Wildman–Crippen LogP) is 9.96. The Morgan fingerprint density at radius 1 is 0.641 bits per heavy atom. The first-order valence-electron chi connectivity index (χ1n) is 13.7. The number of methoxy groups -OCH3 is 2. The van der Waals surface area contributed by atoms with E-state index in [2.05, 4.69) is 13.8 Å². The van der Waals surface area contributed by atoms with Crippen molar-refractivity contribution >= 4 is 0 Å². The molecule has 2 N–H and O–H groups in total. The minimum Gasteiger partial charge on any atom is -0.504 e. The molecule has 0 aliphatic carbocycles. The molecule has 1 aromatic heterocycles. The Balaban J connectivity index is 0.000000309. The van der Waals surface area contributed by atoms with Crippen molar-refractivity contribution in [2.75, 3.05) is 14.2 Å². The number of ether oxygens (including phenoxy) is 2. The summed E-state index contributed by atoms with van der Waals surface area (Å²) in [6.45, 7) is 12.2. The number of hydrogen-bond donors (Lipinski definition) is 2. The molecular formula is C34H46O5. The Bertz CT molecular complexity index is 1190. The smallest absolute Gasteiger partial charge is 0.161 e. The lowest BCUT2D eigenvalue weighted by molar-refractivity contribution is 0.372. The molecule has 0 aliphatic heterocycles. The van der Waals surface area contributed by atoms with Crippen LogP contribution in [0.25, 0.3) is 22.3 Å². The van der Waals surface area contributed by atoms with Crippen LogP contribution in [0.2, 0.25) is 0 Å². The van der Waals surface area contributed by atoms with Gasteiger partial charge in [0.2, 0.25) is 0 Å². The van der Waals surface area contributed by atoms with Crippen LogP contribution in [0, 0.1) is 13.8 Å². The molecule has 0 spiro atoms. The molecule has 1 heterocycles. The van der Waals surface area contributed by atoms with E-state index in [4.69, 9.17) is 13.9 Å². The van der Waals surface area contributed by atoms with Crippen LogP contribution in [-0.4, -0.2) is 24.4 Å². The molecule has 212 valence electrons.